The van der Waals surface area contributed by atoms with Gasteiger partial charge in [-0.25, -0.2) is 0 Å². The third-order valence-corrected chi connectivity index (χ3v) is 2.35. The molecule has 0 aliphatic carbocycles. The molecule has 0 saturated carbocycles. The molecule has 0 amide bonds. The Bertz CT molecular complexity index is 322. The first-order chi connectivity index (χ1) is 7.81. The number of hydrogen-bond acceptors (Lipinski definition) is 2. The summed E-state index contributed by atoms with van der Waals surface area (Å²) in [6, 6.07) is 8.38. The van der Waals surface area contributed by atoms with Gasteiger partial charge in [0.05, 0.1) is 12.6 Å². The lowest BCUT2D eigenvalue weighted by Gasteiger charge is -2.15. The first kappa shape index (κ1) is 12.8. The van der Waals surface area contributed by atoms with Crippen molar-refractivity contribution < 1.29 is 4.74 Å². The number of rotatable bonds is 7. The minimum Gasteiger partial charge on any atom is -0.494 e. The highest BCUT2D eigenvalue weighted by Gasteiger charge is 2.06. The van der Waals surface area contributed by atoms with Crippen LogP contribution in [0.4, 0.5) is 0 Å². The topological polar surface area (TPSA) is 21.3 Å². The van der Waals surface area contributed by atoms with Crippen molar-refractivity contribution in [3.8, 4) is 5.75 Å². The molecular formula is C14H21NO. The third-order valence-electron chi connectivity index (χ3n) is 2.35. The molecule has 1 unspecified atom stereocenters. The van der Waals surface area contributed by atoms with Gasteiger partial charge in [0.25, 0.3) is 0 Å². The molecule has 0 aliphatic rings. The van der Waals surface area contributed by atoms with Crippen LogP contribution in [0.3, 0.4) is 0 Å². The zero-order chi connectivity index (χ0) is 11.8. The fourth-order valence-electron chi connectivity index (χ4n) is 1.57. The highest BCUT2D eigenvalue weighted by atomic mass is 16.5. The van der Waals surface area contributed by atoms with E-state index in [2.05, 4.69) is 37.9 Å². The van der Waals surface area contributed by atoms with E-state index in [1.807, 2.05) is 18.2 Å². The number of likely N-dealkylation sites (N-methyl/N-ethyl adjacent to an activating group) is 1. The molecule has 16 heavy (non-hydrogen) atoms. The Morgan fingerprint density at radius 1 is 1.44 bits per heavy atom. The Morgan fingerprint density at radius 3 is 2.88 bits per heavy atom. The summed E-state index contributed by atoms with van der Waals surface area (Å²) in [6.45, 7) is 9.74. The maximum absolute atomic E-state index is 5.61. The fourth-order valence-corrected chi connectivity index (χ4v) is 1.57. The Labute approximate surface area is 98.3 Å². The second kappa shape index (κ2) is 7.07. The van der Waals surface area contributed by atoms with Crippen molar-refractivity contribution in [2.75, 3.05) is 13.2 Å². The standard InChI is InChI=1S/C14H21NO/c1-4-10-16-13-9-7-8-12(11-13)14(5-2)15-6-3/h5,7-9,11,14-15H,2,4,6,10H2,1,3H3. The lowest BCUT2D eigenvalue weighted by atomic mass is 10.1. The van der Waals surface area contributed by atoms with Crippen LogP contribution in [0.2, 0.25) is 0 Å². The molecule has 88 valence electrons. The number of benzene rings is 1. The second-order valence-corrected chi connectivity index (χ2v) is 3.69. The molecule has 0 saturated heterocycles. The van der Waals surface area contributed by atoms with Gasteiger partial charge < -0.3 is 10.1 Å². The summed E-state index contributed by atoms with van der Waals surface area (Å²) in [7, 11) is 0. The van der Waals surface area contributed by atoms with Crippen LogP contribution >= 0.6 is 0 Å². The zero-order valence-corrected chi connectivity index (χ0v) is 10.2. The molecular weight excluding hydrogens is 198 g/mol. The normalized spacial score (nSPS) is 12.1. The summed E-state index contributed by atoms with van der Waals surface area (Å²) >= 11 is 0. The fraction of sp³-hybridized carbons (Fsp3) is 0.429. The summed E-state index contributed by atoms with van der Waals surface area (Å²) in [5.41, 5.74) is 1.20. The van der Waals surface area contributed by atoms with E-state index in [4.69, 9.17) is 4.74 Å². The van der Waals surface area contributed by atoms with E-state index in [-0.39, 0.29) is 6.04 Å². The molecule has 1 aromatic carbocycles. The van der Waals surface area contributed by atoms with Gasteiger partial charge in [-0.2, -0.15) is 0 Å². The van der Waals surface area contributed by atoms with Crippen LogP contribution < -0.4 is 10.1 Å². The highest BCUT2D eigenvalue weighted by Crippen LogP contribution is 2.20. The van der Waals surface area contributed by atoms with Crippen LogP contribution in [0, 0.1) is 0 Å². The minimum atomic E-state index is 0.204. The molecule has 1 N–H and O–H groups in total. The van der Waals surface area contributed by atoms with Gasteiger partial charge in [-0.3, -0.25) is 0 Å². The van der Waals surface area contributed by atoms with Gasteiger partial charge >= 0.3 is 0 Å². The Kier molecular flexibility index (Phi) is 5.65. The van der Waals surface area contributed by atoms with E-state index in [0.717, 1.165) is 25.3 Å². The number of ether oxygens (including phenoxy) is 1. The predicted octanol–water partition coefficient (Wildman–Crippen LogP) is 3.31. The summed E-state index contributed by atoms with van der Waals surface area (Å²) < 4.78 is 5.61. The van der Waals surface area contributed by atoms with Gasteiger partial charge in [-0.05, 0) is 30.7 Å². The van der Waals surface area contributed by atoms with E-state index < -0.39 is 0 Å². The first-order valence-electron chi connectivity index (χ1n) is 5.90. The monoisotopic (exact) mass is 219 g/mol. The SMILES string of the molecule is C=CC(NCC)c1cccc(OCCC)c1. The van der Waals surface area contributed by atoms with Crippen LogP contribution in [0.1, 0.15) is 31.9 Å². The van der Waals surface area contributed by atoms with Gasteiger partial charge in [-0.15, -0.1) is 6.58 Å². The van der Waals surface area contributed by atoms with E-state index in [1.54, 1.807) is 0 Å². The molecule has 1 atom stereocenters. The maximum Gasteiger partial charge on any atom is 0.119 e. The zero-order valence-electron chi connectivity index (χ0n) is 10.2. The van der Waals surface area contributed by atoms with Crippen molar-refractivity contribution in [2.45, 2.75) is 26.3 Å². The van der Waals surface area contributed by atoms with E-state index >= 15 is 0 Å². The average molecular weight is 219 g/mol. The van der Waals surface area contributed by atoms with Gasteiger partial charge in [-0.1, -0.05) is 32.1 Å². The Morgan fingerprint density at radius 2 is 2.25 bits per heavy atom. The van der Waals surface area contributed by atoms with E-state index in [0.29, 0.717) is 0 Å². The molecule has 0 spiro atoms. The van der Waals surface area contributed by atoms with E-state index in [1.165, 1.54) is 5.56 Å². The van der Waals surface area contributed by atoms with E-state index in [9.17, 15) is 0 Å². The quantitative estimate of drug-likeness (QED) is 0.710. The van der Waals surface area contributed by atoms with Gasteiger partial charge in [0.15, 0.2) is 0 Å². The van der Waals surface area contributed by atoms with Crippen LogP contribution in [0.15, 0.2) is 36.9 Å². The lowest BCUT2D eigenvalue weighted by molar-refractivity contribution is 0.317. The number of hydrogen-bond donors (Lipinski definition) is 1. The number of nitrogens with one attached hydrogen (secondary N) is 1. The summed E-state index contributed by atoms with van der Waals surface area (Å²) in [5, 5.41) is 3.36. The lowest BCUT2D eigenvalue weighted by Crippen LogP contribution is -2.18. The van der Waals surface area contributed by atoms with Crippen LogP contribution in [-0.2, 0) is 0 Å². The molecule has 0 radical (unpaired) electrons. The first-order valence-corrected chi connectivity index (χ1v) is 5.90. The van der Waals surface area contributed by atoms with Crippen molar-refractivity contribution >= 4 is 0 Å². The summed E-state index contributed by atoms with van der Waals surface area (Å²) in [4.78, 5) is 0. The highest BCUT2D eigenvalue weighted by molar-refractivity contribution is 5.32. The summed E-state index contributed by atoms with van der Waals surface area (Å²) in [6.07, 6.45) is 2.95. The molecule has 2 heteroatoms. The van der Waals surface area contributed by atoms with Crippen LogP contribution in [-0.4, -0.2) is 13.2 Å². The molecule has 0 aliphatic heterocycles. The van der Waals surface area contributed by atoms with Crippen LogP contribution in [0.25, 0.3) is 0 Å². The van der Waals surface area contributed by atoms with Crippen LogP contribution in [0.5, 0.6) is 5.75 Å². The Hall–Kier alpha value is -1.28. The van der Waals surface area contributed by atoms with Gasteiger partial charge in [0, 0.05) is 0 Å². The van der Waals surface area contributed by atoms with Crippen molar-refractivity contribution in [3.63, 3.8) is 0 Å². The minimum absolute atomic E-state index is 0.204. The second-order valence-electron chi connectivity index (χ2n) is 3.69. The van der Waals surface area contributed by atoms with Crippen molar-refractivity contribution in [2.24, 2.45) is 0 Å². The van der Waals surface area contributed by atoms with Crippen molar-refractivity contribution in [1.82, 2.24) is 5.32 Å². The molecule has 0 bridgehead atoms. The summed E-state index contributed by atoms with van der Waals surface area (Å²) in [5.74, 6) is 0.934. The van der Waals surface area contributed by atoms with Crippen molar-refractivity contribution in [3.05, 3.63) is 42.5 Å². The maximum atomic E-state index is 5.61. The Balaban J connectivity index is 2.75. The molecule has 1 rings (SSSR count). The molecule has 0 fully saturated rings. The van der Waals surface area contributed by atoms with Gasteiger partial charge in [0.1, 0.15) is 5.75 Å². The largest absolute Gasteiger partial charge is 0.494 e. The molecule has 0 heterocycles. The molecule has 2 nitrogen and oxygen atoms in total. The van der Waals surface area contributed by atoms with Crippen molar-refractivity contribution in [1.29, 1.82) is 0 Å². The van der Waals surface area contributed by atoms with Gasteiger partial charge in [0.2, 0.25) is 0 Å². The smallest absolute Gasteiger partial charge is 0.119 e. The molecule has 0 aromatic heterocycles. The average Bonchev–Trinajstić information content (AvgIpc) is 2.33. The molecule has 1 aromatic rings. The predicted molar refractivity (Wildman–Crippen MR) is 68.8 cm³/mol. The third kappa shape index (κ3) is 3.70.